The lowest BCUT2D eigenvalue weighted by molar-refractivity contribution is -0.122. The summed E-state index contributed by atoms with van der Waals surface area (Å²) >= 11 is 0. The summed E-state index contributed by atoms with van der Waals surface area (Å²) < 4.78 is 55.5. The Morgan fingerprint density at radius 2 is 1.89 bits per heavy atom. The van der Waals surface area contributed by atoms with Crippen molar-refractivity contribution < 1.29 is 27.1 Å². The van der Waals surface area contributed by atoms with E-state index in [1.54, 1.807) is 6.92 Å². The summed E-state index contributed by atoms with van der Waals surface area (Å²) in [4.78, 5) is 11.3. The fraction of sp³-hybridized carbons (Fsp3) is 0.417. The molecule has 1 aromatic rings. The summed E-state index contributed by atoms with van der Waals surface area (Å²) in [5.41, 5.74) is -0.285. The third-order valence-corrected chi connectivity index (χ3v) is 3.16. The van der Waals surface area contributed by atoms with Crippen LogP contribution in [0.3, 0.4) is 0 Å². The molecule has 104 valence electrons. The highest BCUT2D eigenvalue weighted by Gasteiger charge is 2.35. The lowest BCUT2D eigenvalue weighted by atomic mass is 9.89. The van der Waals surface area contributed by atoms with Gasteiger partial charge in [0.1, 0.15) is 17.4 Å². The van der Waals surface area contributed by atoms with Crippen molar-refractivity contribution in [3.05, 3.63) is 29.3 Å². The molecule has 1 N–H and O–H groups in total. The van der Waals surface area contributed by atoms with Crippen LogP contribution >= 0.6 is 0 Å². The van der Waals surface area contributed by atoms with E-state index in [0.29, 0.717) is 12.1 Å². The van der Waals surface area contributed by atoms with E-state index in [1.165, 1.54) is 0 Å². The van der Waals surface area contributed by atoms with Gasteiger partial charge in [-0.25, -0.2) is 8.78 Å². The fourth-order valence-electron chi connectivity index (χ4n) is 2.17. The summed E-state index contributed by atoms with van der Waals surface area (Å²) in [6.07, 6.45) is 0. The molecule has 0 unspecified atom stereocenters. The van der Waals surface area contributed by atoms with Gasteiger partial charge in [0.15, 0.2) is 0 Å². The summed E-state index contributed by atoms with van der Waals surface area (Å²) in [5.74, 6) is -4.11. The molecule has 2 atom stereocenters. The number of benzene rings is 1. The Labute approximate surface area is 106 Å². The molecule has 3 nitrogen and oxygen atoms in total. The number of halogens is 4. The first-order valence-electron chi connectivity index (χ1n) is 5.61. The van der Waals surface area contributed by atoms with E-state index in [1.807, 2.05) is 0 Å². The zero-order valence-electron chi connectivity index (χ0n) is 9.92. The van der Waals surface area contributed by atoms with Gasteiger partial charge >= 0.3 is 6.61 Å². The van der Waals surface area contributed by atoms with Crippen LogP contribution in [0, 0.1) is 17.6 Å². The summed E-state index contributed by atoms with van der Waals surface area (Å²) in [6, 6.07) is 1.39. The summed E-state index contributed by atoms with van der Waals surface area (Å²) in [6.45, 7) is -1.49. The van der Waals surface area contributed by atoms with Gasteiger partial charge in [-0.2, -0.15) is 8.78 Å². The molecule has 1 aromatic carbocycles. The third-order valence-electron chi connectivity index (χ3n) is 3.16. The normalized spacial score (nSPS) is 22.7. The van der Waals surface area contributed by atoms with E-state index in [-0.39, 0.29) is 18.0 Å². The SMILES string of the molecule is C[C@@H]1C(=O)NC[C@H]1c1c(F)cc(OC(F)F)cc1F. The van der Waals surface area contributed by atoms with Crippen LogP contribution in [-0.2, 0) is 4.79 Å². The molecule has 0 bridgehead atoms. The smallest absolute Gasteiger partial charge is 0.387 e. The van der Waals surface area contributed by atoms with E-state index in [4.69, 9.17) is 0 Å². The number of ether oxygens (including phenoxy) is 1. The number of carbonyl (C=O) groups excluding carboxylic acids is 1. The molecule has 0 aliphatic carbocycles. The molecular weight excluding hydrogens is 266 g/mol. The molecule has 2 rings (SSSR count). The zero-order chi connectivity index (χ0) is 14.2. The monoisotopic (exact) mass is 277 g/mol. The maximum atomic E-state index is 13.8. The van der Waals surface area contributed by atoms with Crippen LogP contribution in [0.25, 0.3) is 0 Å². The van der Waals surface area contributed by atoms with E-state index < -0.39 is 35.8 Å². The number of amides is 1. The van der Waals surface area contributed by atoms with Gasteiger partial charge in [0, 0.05) is 36.1 Å². The molecule has 0 radical (unpaired) electrons. The number of hydrogen-bond acceptors (Lipinski definition) is 2. The summed E-state index contributed by atoms with van der Waals surface area (Å²) in [7, 11) is 0. The zero-order valence-corrected chi connectivity index (χ0v) is 9.92. The van der Waals surface area contributed by atoms with Gasteiger partial charge in [0.25, 0.3) is 0 Å². The predicted octanol–water partition coefficient (Wildman–Crippen LogP) is 2.42. The number of nitrogens with one attached hydrogen (secondary N) is 1. The minimum absolute atomic E-state index is 0.114. The van der Waals surface area contributed by atoms with Crippen LogP contribution in [-0.4, -0.2) is 19.1 Å². The Bertz CT molecular complexity index is 483. The lowest BCUT2D eigenvalue weighted by Gasteiger charge is -2.16. The quantitative estimate of drug-likeness (QED) is 0.862. The van der Waals surface area contributed by atoms with Crippen molar-refractivity contribution in [1.82, 2.24) is 5.32 Å². The minimum Gasteiger partial charge on any atom is -0.435 e. The van der Waals surface area contributed by atoms with E-state index >= 15 is 0 Å². The average Bonchev–Trinajstić information content (AvgIpc) is 2.59. The van der Waals surface area contributed by atoms with Gasteiger partial charge in [0.2, 0.25) is 5.91 Å². The second kappa shape index (κ2) is 5.07. The topological polar surface area (TPSA) is 38.3 Å². The highest BCUT2D eigenvalue weighted by Crippen LogP contribution is 2.34. The van der Waals surface area contributed by atoms with Crippen LogP contribution < -0.4 is 10.1 Å². The van der Waals surface area contributed by atoms with E-state index in [0.717, 1.165) is 0 Å². The van der Waals surface area contributed by atoms with Crippen LogP contribution in [0.1, 0.15) is 18.4 Å². The summed E-state index contributed by atoms with van der Waals surface area (Å²) in [5, 5.41) is 2.50. The first kappa shape index (κ1) is 13.6. The second-order valence-electron chi connectivity index (χ2n) is 4.32. The van der Waals surface area contributed by atoms with Crippen molar-refractivity contribution in [3.63, 3.8) is 0 Å². The van der Waals surface area contributed by atoms with Gasteiger partial charge in [-0.05, 0) is 0 Å². The molecule has 0 saturated carbocycles. The predicted molar refractivity (Wildman–Crippen MR) is 57.9 cm³/mol. The van der Waals surface area contributed by atoms with Crippen molar-refractivity contribution in [1.29, 1.82) is 0 Å². The number of alkyl halides is 2. The molecule has 1 heterocycles. The van der Waals surface area contributed by atoms with E-state index in [9.17, 15) is 22.4 Å². The second-order valence-corrected chi connectivity index (χ2v) is 4.32. The molecule has 19 heavy (non-hydrogen) atoms. The van der Waals surface area contributed by atoms with Gasteiger partial charge in [-0.3, -0.25) is 4.79 Å². The van der Waals surface area contributed by atoms with Crippen molar-refractivity contribution >= 4 is 5.91 Å². The number of hydrogen-bond donors (Lipinski definition) is 1. The largest absolute Gasteiger partial charge is 0.435 e. The molecule has 1 fully saturated rings. The number of rotatable bonds is 3. The number of carbonyl (C=O) groups is 1. The van der Waals surface area contributed by atoms with Crippen molar-refractivity contribution in [2.75, 3.05) is 6.54 Å². The third kappa shape index (κ3) is 2.64. The first-order valence-corrected chi connectivity index (χ1v) is 5.61. The maximum absolute atomic E-state index is 13.8. The standard InChI is InChI=1S/C12H11F4NO2/c1-5-7(4-17-11(5)18)10-8(13)2-6(3-9(10)14)19-12(15)16/h2-3,5,7,12H,4H2,1H3,(H,17,18)/t5-,7+/m0/s1. The molecule has 7 heteroatoms. The Morgan fingerprint density at radius 3 is 2.32 bits per heavy atom. The highest BCUT2D eigenvalue weighted by atomic mass is 19.3. The van der Waals surface area contributed by atoms with Gasteiger partial charge in [0.05, 0.1) is 0 Å². The Balaban J connectivity index is 2.34. The molecule has 0 aromatic heterocycles. The van der Waals surface area contributed by atoms with Crippen LogP contribution in [0.5, 0.6) is 5.75 Å². The van der Waals surface area contributed by atoms with Crippen molar-refractivity contribution in [3.8, 4) is 5.75 Å². The van der Waals surface area contributed by atoms with Gasteiger partial charge < -0.3 is 10.1 Å². The minimum atomic E-state index is -3.15. The molecule has 1 amide bonds. The fourth-order valence-corrected chi connectivity index (χ4v) is 2.17. The Hall–Kier alpha value is -1.79. The van der Waals surface area contributed by atoms with Crippen molar-refractivity contribution in [2.24, 2.45) is 5.92 Å². The highest BCUT2D eigenvalue weighted by molar-refractivity contribution is 5.82. The molecule has 1 aliphatic rings. The Morgan fingerprint density at radius 1 is 1.32 bits per heavy atom. The van der Waals surface area contributed by atoms with Crippen LogP contribution in [0.2, 0.25) is 0 Å². The Kier molecular flexibility index (Phi) is 3.64. The van der Waals surface area contributed by atoms with Gasteiger partial charge in [-0.15, -0.1) is 0 Å². The average molecular weight is 277 g/mol. The van der Waals surface area contributed by atoms with Gasteiger partial charge in [-0.1, -0.05) is 6.92 Å². The van der Waals surface area contributed by atoms with Crippen LogP contribution in [0.4, 0.5) is 17.6 Å². The van der Waals surface area contributed by atoms with E-state index in [2.05, 4.69) is 10.1 Å². The molecular formula is C12H11F4NO2. The van der Waals surface area contributed by atoms with Crippen LogP contribution in [0.15, 0.2) is 12.1 Å². The first-order chi connectivity index (χ1) is 8.90. The van der Waals surface area contributed by atoms with Crippen molar-refractivity contribution in [2.45, 2.75) is 19.5 Å². The molecule has 1 aliphatic heterocycles. The lowest BCUT2D eigenvalue weighted by Crippen LogP contribution is -2.17. The maximum Gasteiger partial charge on any atom is 0.387 e. The molecule has 1 saturated heterocycles. The molecule has 0 spiro atoms.